The lowest BCUT2D eigenvalue weighted by Crippen LogP contribution is -2.44. The molecular formula is C23H32N4O4S. The summed E-state index contributed by atoms with van der Waals surface area (Å²) in [6, 6.07) is 12.7. The molecule has 8 nitrogen and oxygen atoms in total. The zero-order chi connectivity index (χ0) is 23.0. The minimum Gasteiger partial charge on any atom is -0.495 e. The molecule has 0 atom stereocenters. The molecule has 0 radical (unpaired) electrons. The lowest BCUT2D eigenvalue weighted by atomic mass is 10.2. The van der Waals surface area contributed by atoms with Crippen molar-refractivity contribution in [2.45, 2.75) is 17.7 Å². The van der Waals surface area contributed by atoms with Gasteiger partial charge in [0.2, 0.25) is 0 Å². The molecule has 9 heteroatoms. The normalized spacial score (nSPS) is 15.3. The molecule has 2 aromatic carbocycles. The lowest BCUT2D eigenvalue weighted by molar-refractivity contribution is 0.0951. The number of para-hydroxylation sites is 2. The molecule has 2 N–H and O–H groups in total. The highest BCUT2D eigenvalue weighted by atomic mass is 32.2. The van der Waals surface area contributed by atoms with E-state index >= 15 is 0 Å². The molecule has 174 valence electrons. The number of carbonyl (C=O) groups is 1. The Hall–Kier alpha value is -2.62. The minimum absolute atomic E-state index is 0.0760. The first-order valence-corrected chi connectivity index (χ1v) is 12.3. The van der Waals surface area contributed by atoms with Crippen LogP contribution in [0.4, 0.5) is 5.69 Å². The summed E-state index contributed by atoms with van der Waals surface area (Å²) in [6.45, 7) is 6.07. The van der Waals surface area contributed by atoms with Gasteiger partial charge in [-0.2, -0.15) is 0 Å². The van der Waals surface area contributed by atoms with Crippen LogP contribution in [-0.4, -0.2) is 77.6 Å². The van der Waals surface area contributed by atoms with E-state index in [-0.39, 0.29) is 10.8 Å². The van der Waals surface area contributed by atoms with E-state index in [4.69, 9.17) is 4.74 Å². The van der Waals surface area contributed by atoms with Gasteiger partial charge in [-0.3, -0.25) is 9.52 Å². The molecule has 1 fully saturated rings. The molecule has 3 rings (SSSR count). The number of nitrogens with one attached hydrogen (secondary N) is 2. The molecule has 0 saturated carbocycles. The van der Waals surface area contributed by atoms with E-state index in [0.29, 0.717) is 23.5 Å². The van der Waals surface area contributed by atoms with Crippen LogP contribution in [0.3, 0.4) is 0 Å². The Morgan fingerprint density at radius 3 is 2.38 bits per heavy atom. The number of benzene rings is 2. The Kier molecular flexibility index (Phi) is 8.49. The Bertz CT molecular complexity index is 987. The van der Waals surface area contributed by atoms with Crippen molar-refractivity contribution >= 4 is 21.6 Å². The van der Waals surface area contributed by atoms with E-state index in [0.717, 1.165) is 45.6 Å². The minimum atomic E-state index is -3.80. The van der Waals surface area contributed by atoms with Crippen LogP contribution in [0.2, 0.25) is 0 Å². The van der Waals surface area contributed by atoms with Crippen molar-refractivity contribution in [3.63, 3.8) is 0 Å². The number of carbonyl (C=O) groups excluding carboxylic acids is 1. The summed E-state index contributed by atoms with van der Waals surface area (Å²) in [5.41, 5.74) is 0.786. The standard InChI is InChI=1S/C23H32N4O4S/c1-26-15-17-27(18-16-26)14-6-5-13-24-23(28)19-9-11-20(12-10-19)32(29,30)25-21-7-3-4-8-22(21)31-2/h3-4,7-12,25H,5-6,13-18H2,1-2H3,(H,24,28). The van der Waals surface area contributed by atoms with Crippen LogP contribution in [0.15, 0.2) is 53.4 Å². The van der Waals surface area contributed by atoms with E-state index in [9.17, 15) is 13.2 Å². The zero-order valence-corrected chi connectivity index (χ0v) is 19.5. The van der Waals surface area contributed by atoms with Crippen LogP contribution in [0.1, 0.15) is 23.2 Å². The number of rotatable bonds is 10. The number of unbranched alkanes of at least 4 members (excludes halogenated alkanes) is 1. The second-order valence-corrected chi connectivity index (χ2v) is 9.62. The predicted octanol–water partition coefficient (Wildman–Crippen LogP) is 2.25. The monoisotopic (exact) mass is 460 g/mol. The molecule has 1 amide bonds. The highest BCUT2D eigenvalue weighted by Crippen LogP contribution is 2.26. The molecule has 1 heterocycles. The third-order valence-electron chi connectivity index (χ3n) is 5.56. The largest absolute Gasteiger partial charge is 0.495 e. The molecule has 0 aliphatic carbocycles. The van der Waals surface area contributed by atoms with Crippen molar-refractivity contribution in [2.24, 2.45) is 0 Å². The van der Waals surface area contributed by atoms with Crippen LogP contribution in [0.5, 0.6) is 5.75 Å². The Balaban J connectivity index is 1.46. The maximum atomic E-state index is 12.7. The lowest BCUT2D eigenvalue weighted by Gasteiger charge is -2.32. The van der Waals surface area contributed by atoms with E-state index in [1.165, 1.54) is 31.4 Å². The molecule has 2 aromatic rings. The molecule has 0 bridgehead atoms. The zero-order valence-electron chi connectivity index (χ0n) is 18.7. The fourth-order valence-electron chi connectivity index (χ4n) is 3.55. The van der Waals surface area contributed by atoms with Crippen LogP contribution >= 0.6 is 0 Å². The molecule has 1 aliphatic rings. The maximum Gasteiger partial charge on any atom is 0.262 e. The third kappa shape index (κ3) is 6.69. The highest BCUT2D eigenvalue weighted by molar-refractivity contribution is 7.92. The number of hydrogen-bond acceptors (Lipinski definition) is 6. The van der Waals surface area contributed by atoms with Gasteiger partial charge in [-0.25, -0.2) is 8.42 Å². The average Bonchev–Trinajstić information content (AvgIpc) is 2.80. The van der Waals surface area contributed by atoms with Gasteiger partial charge in [0, 0.05) is 38.3 Å². The number of ether oxygens (including phenoxy) is 1. The molecule has 0 spiro atoms. The number of sulfonamides is 1. The highest BCUT2D eigenvalue weighted by Gasteiger charge is 2.17. The summed E-state index contributed by atoms with van der Waals surface area (Å²) < 4.78 is 33.0. The number of piperazine rings is 1. The molecule has 1 aliphatic heterocycles. The van der Waals surface area contributed by atoms with Crippen molar-refractivity contribution < 1.29 is 17.9 Å². The SMILES string of the molecule is COc1ccccc1NS(=O)(=O)c1ccc(C(=O)NCCCCN2CCN(C)CC2)cc1. The Morgan fingerprint density at radius 1 is 1.00 bits per heavy atom. The van der Waals surface area contributed by atoms with Crippen LogP contribution in [0, 0.1) is 0 Å². The van der Waals surface area contributed by atoms with Crippen LogP contribution in [0.25, 0.3) is 0 Å². The van der Waals surface area contributed by atoms with Crippen molar-refractivity contribution in [3.8, 4) is 5.75 Å². The van der Waals surface area contributed by atoms with Crippen molar-refractivity contribution in [1.29, 1.82) is 0 Å². The van der Waals surface area contributed by atoms with Crippen molar-refractivity contribution in [3.05, 3.63) is 54.1 Å². The Morgan fingerprint density at radius 2 is 1.69 bits per heavy atom. The second-order valence-electron chi connectivity index (χ2n) is 7.94. The first-order chi connectivity index (χ1) is 15.4. The smallest absolute Gasteiger partial charge is 0.262 e. The van der Waals surface area contributed by atoms with Gasteiger partial charge >= 0.3 is 0 Å². The fourth-order valence-corrected chi connectivity index (χ4v) is 4.62. The Labute approximate surface area is 190 Å². The molecule has 0 unspecified atom stereocenters. The summed E-state index contributed by atoms with van der Waals surface area (Å²) in [4.78, 5) is 17.2. The van der Waals surface area contributed by atoms with Gasteiger partial charge in [0.05, 0.1) is 17.7 Å². The summed E-state index contributed by atoms with van der Waals surface area (Å²) in [5.74, 6) is 0.228. The summed E-state index contributed by atoms with van der Waals surface area (Å²) >= 11 is 0. The van der Waals surface area contributed by atoms with Gasteiger partial charge in [-0.05, 0) is 62.8 Å². The molecule has 32 heavy (non-hydrogen) atoms. The average molecular weight is 461 g/mol. The number of likely N-dealkylation sites (N-methyl/N-ethyl adjacent to an activating group) is 1. The topological polar surface area (TPSA) is 91.0 Å². The summed E-state index contributed by atoms with van der Waals surface area (Å²) in [5, 5.41) is 2.91. The first kappa shape index (κ1) is 24.0. The summed E-state index contributed by atoms with van der Waals surface area (Å²) in [6.07, 6.45) is 1.95. The number of amides is 1. The van der Waals surface area contributed by atoms with Gasteiger partial charge in [0.25, 0.3) is 15.9 Å². The summed E-state index contributed by atoms with van der Waals surface area (Å²) in [7, 11) is -0.173. The fraction of sp³-hybridized carbons (Fsp3) is 0.435. The van der Waals surface area contributed by atoms with E-state index in [2.05, 4.69) is 26.9 Å². The quantitative estimate of drug-likeness (QED) is 0.529. The maximum absolute atomic E-state index is 12.7. The number of methoxy groups -OCH3 is 1. The van der Waals surface area contributed by atoms with Crippen LogP contribution in [-0.2, 0) is 10.0 Å². The third-order valence-corrected chi connectivity index (χ3v) is 6.94. The van der Waals surface area contributed by atoms with Gasteiger partial charge < -0.3 is 19.9 Å². The van der Waals surface area contributed by atoms with Gasteiger partial charge in [0.1, 0.15) is 5.75 Å². The predicted molar refractivity (Wildman–Crippen MR) is 126 cm³/mol. The van der Waals surface area contributed by atoms with Gasteiger partial charge in [0.15, 0.2) is 0 Å². The molecule has 1 saturated heterocycles. The van der Waals surface area contributed by atoms with Crippen LogP contribution < -0.4 is 14.8 Å². The van der Waals surface area contributed by atoms with Gasteiger partial charge in [-0.1, -0.05) is 12.1 Å². The van der Waals surface area contributed by atoms with E-state index < -0.39 is 10.0 Å². The number of anilines is 1. The number of nitrogens with zero attached hydrogens (tertiary/aromatic N) is 2. The number of hydrogen-bond donors (Lipinski definition) is 2. The molecule has 0 aromatic heterocycles. The van der Waals surface area contributed by atoms with E-state index in [1.807, 2.05) is 0 Å². The molecular weight excluding hydrogens is 428 g/mol. The first-order valence-electron chi connectivity index (χ1n) is 10.8. The second kappa shape index (κ2) is 11.3. The van der Waals surface area contributed by atoms with Gasteiger partial charge in [-0.15, -0.1) is 0 Å². The van der Waals surface area contributed by atoms with Crippen molar-refractivity contribution in [2.75, 3.05) is 58.1 Å². The van der Waals surface area contributed by atoms with Crippen molar-refractivity contribution in [1.82, 2.24) is 15.1 Å². The van der Waals surface area contributed by atoms with E-state index in [1.54, 1.807) is 24.3 Å².